The third kappa shape index (κ3) is 9.80. The maximum absolute atomic E-state index is 12.6. The number of benzene rings is 1. The molecule has 6 heteroatoms. The molecule has 0 radical (unpaired) electrons. The molecule has 0 aliphatic carbocycles. The van der Waals surface area contributed by atoms with Crippen LogP contribution in [0.15, 0.2) is 30.3 Å². The first-order chi connectivity index (χ1) is 12.8. The summed E-state index contributed by atoms with van der Waals surface area (Å²) in [6.07, 6.45) is 3.59. The van der Waals surface area contributed by atoms with Gasteiger partial charge in [0.2, 0.25) is 5.91 Å². The van der Waals surface area contributed by atoms with E-state index in [1.54, 1.807) is 17.9 Å². The zero-order valence-corrected chi connectivity index (χ0v) is 17.1. The molecular formula is C21H32N2O4. The number of hydrogen-bond acceptors (Lipinski definition) is 5. The van der Waals surface area contributed by atoms with Gasteiger partial charge in [0.25, 0.3) is 0 Å². The van der Waals surface area contributed by atoms with Gasteiger partial charge >= 0.3 is 5.97 Å². The molecule has 0 saturated carbocycles. The van der Waals surface area contributed by atoms with Crippen molar-refractivity contribution >= 4 is 18.0 Å². The van der Waals surface area contributed by atoms with Crippen LogP contribution in [0.3, 0.4) is 0 Å². The van der Waals surface area contributed by atoms with Gasteiger partial charge in [-0.25, -0.2) is 0 Å². The fourth-order valence-electron chi connectivity index (χ4n) is 2.35. The lowest BCUT2D eigenvalue weighted by Gasteiger charge is -2.22. The maximum atomic E-state index is 12.6. The Morgan fingerprint density at radius 3 is 2.52 bits per heavy atom. The Hall–Kier alpha value is -2.34. The Morgan fingerprint density at radius 2 is 1.89 bits per heavy atom. The molecule has 0 saturated heterocycles. The van der Waals surface area contributed by atoms with E-state index in [-0.39, 0.29) is 24.4 Å². The smallest absolute Gasteiger partial charge is 0.307 e. The number of hydrogen-bond donors (Lipinski definition) is 0. The molecule has 0 bridgehead atoms. The number of carbonyl (C=O) groups is 2. The van der Waals surface area contributed by atoms with Gasteiger partial charge in [0.05, 0.1) is 19.1 Å². The summed E-state index contributed by atoms with van der Waals surface area (Å²) in [6.45, 7) is 7.67. The van der Waals surface area contributed by atoms with Gasteiger partial charge < -0.3 is 19.3 Å². The van der Waals surface area contributed by atoms with Crippen LogP contribution in [0.1, 0.15) is 32.8 Å². The molecule has 0 aliphatic heterocycles. The van der Waals surface area contributed by atoms with Crippen LogP contribution in [-0.2, 0) is 14.3 Å². The number of amides is 1. The minimum absolute atomic E-state index is 0.0928. The number of carbonyl (C=O) groups excluding carboxylic acids is 2. The molecule has 0 N–H and O–H groups in total. The summed E-state index contributed by atoms with van der Waals surface area (Å²) < 4.78 is 10.6. The normalized spacial score (nSPS) is 11.2. The Kier molecular flexibility index (Phi) is 10.2. The molecule has 0 aromatic heterocycles. The van der Waals surface area contributed by atoms with Gasteiger partial charge in [0.1, 0.15) is 5.75 Å². The van der Waals surface area contributed by atoms with Crippen LogP contribution in [0.5, 0.6) is 5.75 Å². The van der Waals surface area contributed by atoms with Gasteiger partial charge in [-0.05, 0) is 58.6 Å². The molecule has 1 aromatic rings. The molecule has 1 rings (SSSR count). The van der Waals surface area contributed by atoms with Gasteiger partial charge in [-0.2, -0.15) is 0 Å². The van der Waals surface area contributed by atoms with Crippen molar-refractivity contribution in [2.24, 2.45) is 0 Å². The van der Waals surface area contributed by atoms with Crippen molar-refractivity contribution in [1.29, 1.82) is 0 Å². The number of nitrogens with zero attached hydrogens (tertiary/aromatic N) is 2. The minimum atomic E-state index is -0.289. The highest BCUT2D eigenvalue weighted by atomic mass is 16.5. The minimum Gasteiger partial charge on any atom is -0.491 e. The van der Waals surface area contributed by atoms with Crippen molar-refractivity contribution in [2.75, 3.05) is 40.3 Å². The highest BCUT2D eigenvalue weighted by Gasteiger charge is 2.13. The number of rotatable bonds is 11. The Labute approximate surface area is 162 Å². The van der Waals surface area contributed by atoms with Crippen LogP contribution in [0.25, 0.3) is 6.08 Å². The fourth-order valence-corrected chi connectivity index (χ4v) is 2.35. The zero-order chi connectivity index (χ0) is 20.2. The average molecular weight is 376 g/mol. The molecule has 0 atom stereocenters. The quantitative estimate of drug-likeness (QED) is 0.439. The first-order valence-electron chi connectivity index (χ1n) is 9.36. The van der Waals surface area contributed by atoms with Crippen LogP contribution in [-0.4, -0.2) is 68.1 Å². The SMILES string of the molecule is CCOC(=O)CCN(CCN(C)C)C(=O)/C=C/c1cccc(OC(C)C)c1. The molecule has 1 aromatic carbocycles. The Morgan fingerprint density at radius 1 is 1.15 bits per heavy atom. The largest absolute Gasteiger partial charge is 0.491 e. The van der Waals surface area contributed by atoms with Crippen molar-refractivity contribution in [3.8, 4) is 5.75 Å². The first-order valence-corrected chi connectivity index (χ1v) is 9.36. The van der Waals surface area contributed by atoms with Gasteiger partial charge in [-0.1, -0.05) is 12.1 Å². The summed E-state index contributed by atoms with van der Waals surface area (Å²) in [5.41, 5.74) is 0.888. The van der Waals surface area contributed by atoms with E-state index in [0.717, 1.165) is 17.9 Å². The molecule has 6 nitrogen and oxygen atoms in total. The predicted octanol–water partition coefficient (Wildman–Crippen LogP) is 2.83. The van der Waals surface area contributed by atoms with E-state index in [1.807, 2.05) is 57.1 Å². The molecule has 0 unspecified atom stereocenters. The van der Waals surface area contributed by atoms with E-state index in [4.69, 9.17) is 9.47 Å². The molecule has 0 aliphatic rings. The average Bonchev–Trinajstić information content (AvgIpc) is 2.59. The number of likely N-dealkylation sites (N-methyl/N-ethyl adjacent to an activating group) is 1. The molecule has 0 spiro atoms. The Balaban J connectivity index is 2.75. The second-order valence-electron chi connectivity index (χ2n) is 6.76. The summed E-state index contributed by atoms with van der Waals surface area (Å²) in [5.74, 6) is 0.352. The monoisotopic (exact) mass is 376 g/mol. The summed E-state index contributed by atoms with van der Waals surface area (Å²) in [6, 6.07) is 7.60. The fraction of sp³-hybridized carbons (Fsp3) is 0.524. The lowest BCUT2D eigenvalue weighted by molar-refractivity contribution is -0.143. The van der Waals surface area contributed by atoms with E-state index >= 15 is 0 Å². The maximum Gasteiger partial charge on any atom is 0.307 e. The van der Waals surface area contributed by atoms with Gasteiger partial charge in [0.15, 0.2) is 0 Å². The summed E-state index contributed by atoms with van der Waals surface area (Å²) in [7, 11) is 3.90. The Bertz CT molecular complexity index is 626. The van der Waals surface area contributed by atoms with Crippen LogP contribution < -0.4 is 4.74 Å². The summed E-state index contributed by atoms with van der Waals surface area (Å²) in [5, 5.41) is 0. The van der Waals surface area contributed by atoms with Gasteiger partial charge in [-0.15, -0.1) is 0 Å². The van der Waals surface area contributed by atoms with E-state index in [2.05, 4.69) is 0 Å². The lowest BCUT2D eigenvalue weighted by atomic mass is 10.2. The zero-order valence-electron chi connectivity index (χ0n) is 17.1. The molecular weight excluding hydrogens is 344 g/mol. The standard InChI is InChI=1S/C21H32N2O4/c1-6-26-21(25)12-13-23(15-14-22(4)5)20(24)11-10-18-8-7-9-19(16-18)27-17(2)3/h7-11,16-17H,6,12-15H2,1-5H3/b11-10+. The van der Waals surface area contributed by atoms with Crippen LogP contribution >= 0.6 is 0 Å². The van der Waals surface area contributed by atoms with Crippen molar-refractivity contribution in [3.05, 3.63) is 35.9 Å². The molecule has 0 fully saturated rings. The molecule has 27 heavy (non-hydrogen) atoms. The van der Waals surface area contributed by atoms with Crippen molar-refractivity contribution in [1.82, 2.24) is 9.80 Å². The molecule has 150 valence electrons. The van der Waals surface area contributed by atoms with E-state index in [1.165, 1.54) is 6.08 Å². The van der Waals surface area contributed by atoms with E-state index < -0.39 is 0 Å². The second-order valence-corrected chi connectivity index (χ2v) is 6.76. The van der Waals surface area contributed by atoms with Gasteiger partial charge in [-0.3, -0.25) is 9.59 Å². The van der Waals surface area contributed by atoms with E-state index in [9.17, 15) is 9.59 Å². The highest BCUT2D eigenvalue weighted by molar-refractivity contribution is 5.92. The highest BCUT2D eigenvalue weighted by Crippen LogP contribution is 2.16. The predicted molar refractivity (Wildman–Crippen MR) is 108 cm³/mol. The lowest BCUT2D eigenvalue weighted by Crippen LogP contribution is -2.37. The number of ether oxygens (including phenoxy) is 2. The molecule has 0 heterocycles. The third-order valence-electron chi connectivity index (χ3n) is 3.67. The van der Waals surface area contributed by atoms with Crippen molar-refractivity contribution in [2.45, 2.75) is 33.3 Å². The van der Waals surface area contributed by atoms with Crippen molar-refractivity contribution < 1.29 is 19.1 Å². The van der Waals surface area contributed by atoms with Crippen LogP contribution in [0, 0.1) is 0 Å². The van der Waals surface area contributed by atoms with E-state index in [0.29, 0.717) is 19.7 Å². The van der Waals surface area contributed by atoms with Gasteiger partial charge in [0, 0.05) is 25.7 Å². The van der Waals surface area contributed by atoms with Crippen LogP contribution in [0.4, 0.5) is 0 Å². The molecule has 1 amide bonds. The first kappa shape index (κ1) is 22.7. The summed E-state index contributed by atoms with van der Waals surface area (Å²) in [4.78, 5) is 27.9. The van der Waals surface area contributed by atoms with Crippen molar-refractivity contribution in [3.63, 3.8) is 0 Å². The third-order valence-corrected chi connectivity index (χ3v) is 3.67. The van der Waals surface area contributed by atoms with Crippen LogP contribution in [0.2, 0.25) is 0 Å². The summed E-state index contributed by atoms with van der Waals surface area (Å²) >= 11 is 0. The topological polar surface area (TPSA) is 59.1 Å². The second kappa shape index (κ2) is 12.1. The number of esters is 1.